The highest BCUT2D eigenvalue weighted by Crippen LogP contribution is 2.28. The van der Waals surface area contributed by atoms with Crippen LogP contribution in [0.4, 0.5) is 5.13 Å². The number of halogens is 1. The second-order valence-electron chi connectivity index (χ2n) is 4.29. The first kappa shape index (κ1) is 15.7. The Balaban J connectivity index is 0.00000162. The van der Waals surface area contributed by atoms with Gasteiger partial charge < -0.3 is 10.2 Å². The minimum atomic E-state index is -3.18. The van der Waals surface area contributed by atoms with Crippen molar-refractivity contribution in [2.45, 2.75) is 23.3 Å². The third-order valence-electron chi connectivity index (χ3n) is 2.76. The van der Waals surface area contributed by atoms with Gasteiger partial charge in [0.2, 0.25) is 0 Å². The summed E-state index contributed by atoms with van der Waals surface area (Å²) in [6.45, 7) is 7.00. The minimum absolute atomic E-state index is 0. The van der Waals surface area contributed by atoms with Gasteiger partial charge in [0.1, 0.15) is 4.21 Å². The van der Waals surface area contributed by atoms with E-state index in [1.54, 1.807) is 13.8 Å². The van der Waals surface area contributed by atoms with E-state index >= 15 is 0 Å². The summed E-state index contributed by atoms with van der Waals surface area (Å²) in [5, 5.41) is 3.68. The normalized spacial score (nSPS) is 16.7. The van der Waals surface area contributed by atoms with Crippen molar-refractivity contribution in [2.24, 2.45) is 0 Å². The first-order valence-corrected chi connectivity index (χ1v) is 8.03. The summed E-state index contributed by atoms with van der Waals surface area (Å²) in [4.78, 5) is 6.35. The number of aromatic nitrogens is 1. The molecule has 1 aliphatic heterocycles. The monoisotopic (exact) mass is 311 g/mol. The zero-order valence-corrected chi connectivity index (χ0v) is 12.9. The van der Waals surface area contributed by atoms with E-state index in [1.807, 2.05) is 0 Å². The fraction of sp³-hybridized carbons (Fsp3) is 0.700. The first-order chi connectivity index (χ1) is 8.01. The molecule has 0 amide bonds. The largest absolute Gasteiger partial charge is 0.346 e. The smallest absolute Gasteiger partial charge is 0.191 e. The van der Waals surface area contributed by atoms with Crippen LogP contribution in [0.3, 0.4) is 0 Å². The van der Waals surface area contributed by atoms with Gasteiger partial charge in [-0.1, -0.05) is 11.3 Å². The molecule has 104 valence electrons. The molecule has 0 bridgehead atoms. The van der Waals surface area contributed by atoms with E-state index in [2.05, 4.69) is 15.2 Å². The van der Waals surface area contributed by atoms with Crippen LogP contribution in [0.25, 0.3) is 0 Å². The molecule has 1 aliphatic rings. The molecule has 0 radical (unpaired) electrons. The van der Waals surface area contributed by atoms with Gasteiger partial charge in [0.25, 0.3) is 0 Å². The lowest BCUT2D eigenvalue weighted by Gasteiger charge is -2.26. The second kappa shape index (κ2) is 6.18. The lowest BCUT2D eigenvalue weighted by molar-refractivity contribution is 0.588. The SMILES string of the molecule is CC(C)S(=O)(=O)c1cnc(N2CCNCC2)s1.Cl. The standard InChI is InChI=1S/C10H17N3O2S2.ClH/c1-8(2)17(14,15)9-7-12-10(16-9)13-5-3-11-4-6-13;/h7-8,11H,3-6H2,1-2H3;1H. The molecule has 2 heterocycles. The van der Waals surface area contributed by atoms with Gasteiger partial charge in [0, 0.05) is 26.2 Å². The Bertz CT molecular complexity index is 481. The topological polar surface area (TPSA) is 62.3 Å². The van der Waals surface area contributed by atoms with Gasteiger partial charge in [-0.15, -0.1) is 12.4 Å². The van der Waals surface area contributed by atoms with Crippen molar-refractivity contribution >= 4 is 38.7 Å². The molecular weight excluding hydrogens is 294 g/mol. The first-order valence-electron chi connectivity index (χ1n) is 5.67. The maximum Gasteiger partial charge on any atom is 0.191 e. The number of nitrogens with one attached hydrogen (secondary N) is 1. The van der Waals surface area contributed by atoms with E-state index in [4.69, 9.17) is 0 Å². The molecule has 18 heavy (non-hydrogen) atoms. The molecule has 0 spiro atoms. The van der Waals surface area contributed by atoms with Gasteiger partial charge in [0.15, 0.2) is 15.0 Å². The van der Waals surface area contributed by atoms with Crippen molar-refractivity contribution in [2.75, 3.05) is 31.1 Å². The average Bonchev–Trinajstić information content (AvgIpc) is 2.80. The molecule has 1 fully saturated rings. The Morgan fingerprint density at radius 2 is 2.00 bits per heavy atom. The van der Waals surface area contributed by atoms with Crippen LogP contribution in [-0.4, -0.2) is 44.8 Å². The molecule has 1 aromatic heterocycles. The highest BCUT2D eigenvalue weighted by atomic mass is 35.5. The van der Waals surface area contributed by atoms with E-state index in [0.29, 0.717) is 4.21 Å². The molecule has 0 aromatic carbocycles. The van der Waals surface area contributed by atoms with Crippen LogP contribution in [0.5, 0.6) is 0 Å². The minimum Gasteiger partial charge on any atom is -0.346 e. The lowest BCUT2D eigenvalue weighted by atomic mass is 10.4. The zero-order valence-electron chi connectivity index (χ0n) is 10.4. The highest BCUT2D eigenvalue weighted by Gasteiger charge is 2.24. The third kappa shape index (κ3) is 3.14. The van der Waals surface area contributed by atoms with Crippen LogP contribution < -0.4 is 10.2 Å². The fourth-order valence-corrected chi connectivity index (χ4v) is 4.25. The maximum absolute atomic E-state index is 12.0. The molecule has 0 saturated carbocycles. The van der Waals surface area contributed by atoms with Crippen LogP contribution in [0.1, 0.15) is 13.8 Å². The summed E-state index contributed by atoms with van der Waals surface area (Å²) in [6, 6.07) is 0. The van der Waals surface area contributed by atoms with Crippen LogP contribution >= 0.6 is 23.7 Å². The Hall–Kier alpha value is -0.370. The van der Waals surface area contributed by atoms with Crippen molar-refractivity contribution < 1.29 is 8.42 Å². The van der Waals surface area contributed by atoms with Gasteiger partial charge in [0.05, 0.1) is 11.4 Å². The van der Waals surface area contributed by atoms with Crippen LogP contribution in [0, 0.1) is 0 Å². The van der Waals surface area contributed by atoms with Crippen LogP contribution in [-0.2, 0) is 9.84 Å². The summed E-state index contributed by atoms with van der Waals surface area (Å²) >= 11 is 1.27. The summed E-state index contributed by atoms with van der Waals surface area (Å²) in [7, 11) is -3.18. The number of hydrogen-bond donors (Lipinski definition) is 1. The molecule has 0 unspecified atom stereocenters. The fourth-order valence-electron chi connectivity index (χ4n) is 1.62. The van der Waals surface area contributed by atoms with Gasteiger partial charge in [-0.3, -0.25) is 0 Å². The number of nitrogens with zero attached hydrogens (tertiary/aromatic N) is 2. The zero-order chi connectivity index (χ0) is 12.5. The van der Waals surface area contributed by atoms with Gasteiger partial charge in [-0.2, -0.15) is 0 Å². The number of rotatable bonds is 3. The molecule has 1 N–H and O–H groups in total. The molecule has 0 aliphatic carbocycles. The van der Waals surface area contributed by atoms with Gasteiger partial charge in [-0.25, -0.2) is 13.4 Å². The molecule has 0 atom stereocenters. The maximum atomic E-state index is 12.0. The Kier molecular flexibility index (Phi) is 5.39. The van der Waals surface area contributed by atoms with Gasteiger partial charge >= 0.3 is 0 Å². The molecule has 8 heteroatoms. The predicted molar refractivity (Wildman–Crippen MR) is 76.8 cm³/mol. The lowest BCUT2D eigenvalue weighted by Crippen LogP contribution is -2.43. The molecule has 5 nitrogen and oxygen atoms in total. The second-order valence-corrected chi connectivity index (χ2v) is 8.03. The van der Waals surface area contributed by atoms with Crippen molar-refractivity contribution in [1.29, 1.82) is 0 Å². The Morgan fingerprint density at radius 1 is 1.39 bits per heavy atom. The average molecular weight is 312 g/mol. The van der Waals surface area contributed by atoms with Crippen LogP contribution in [0.15, 0.2) is 10.4 Å². The Morgan fingerprint density at radius 3 is 2.56 bits per heavy atom. The Labute approximate surface area is 118 Å². The number of anilines is 1. The summed E-state index contributed by atoms with van der Waals surface area (Å²) in [5.74, 6) is 0. The van der Waals surface area contributed by atoms with E-state index < -0.39 is 9.84 Å². The van der Waals surface area contributed by atoms with E-state index in [0.717, 1.165) is 31.3 Å². The quantitative estimate of drug-likeness (QED) is 0.907. The van der Waals surface area contributed by atoms with Crippen molar-refractivity contribution in [3.63, 3.8) is 0 Å². The number of sulfone groups is 1. The van der Waals surface area contributed by atoms with Crippen molar-refractivity contribution in [3.05, 3.63) is 6.20 Å². The van der Waals surface area contributed by atoms with Crippen LogP contribution in [0.2, 0.25) is 0 Å². The predicted octanol–water partition coefficient (Wildman–Crippen LogP) is 1.16. The number of piperazine rings is 1. The molecule has 1 aromatic rings. The molecule has 1 saturated heterocycles. The summed E-state index contributed by atoms with van der Waals surface area (Å²) in [5.41, 5.74) is 0. The highest BCUT2D eigenvalue weighted by molar-refractivity contribution is 7.94. The molecule has 2 rings (SSSR count). The van der Waals surface area contributed by atoms with E-state index in [9.17, 15) is 8.42 Å². The summed E-state index contributed by atoms with van der Waals surface area (Å²) in [6.07, 6.45) is 1.48. The number of hydrogen-bond acceptors (Lipinski definition) is 6. The van der Waals surface area contributed by atoms with Crippen molar-refractivity contribution in [1.82, 2.24) is 10.3 Å². The van der Waals surface area contributed by atoms with Crippen molar-refractivity contribution in [3.8, 4) is 0 Å². The van der Waals surface area contributed by atoms with E-state index in [-0.39, 0.29) is 17.7 Å². The van der Waals surface area contributed by atoms with Gasteiger partial charge in [-0.05, 0) is 13.8 Å². The van der Waals surface area contributed by atoms with E-state index in [1.165, 1.54) is 17.5 Å². The third-order valence-corrected chi connectivity index (χ3v) is 6.47. The number of thiazole rings is 1. The summed E-state index contributed by atoms with van der Waals surface area (Å²) < 4.78 is 24.3. The molecular formula is C10H18ClN3O2S2.